The monoisotopic (exact) mass is 221 g/mol. The number of carbonyl (C=O) groups excluding carboxylic acids is 1. The normalized spacial score (nSPS) is 19.2. The SMILES string of the molecule is COC(=O)N1CC[C@@H](O)c2ccc(C)cc21. The number of benzene rings is 1. The molecule has 0 spiro atoms. The number of aliphatic hydroxyl groups is 1. The molecule has 1 aromatic rings. The van der Waals surface area contributed by atoms with Crippen molar-refractivity contribution >= 4 is 11.8 Å². The van der Waals surface area contributed by atoms with Crippen LogP contribution in [0.1, 0.15) is 23.7 Å². The number of fused-ring (bicyclic) bond motifs is 1. The van der Waals surface area contributed by atoms with Gasteiger partial charge in [0.05, 0.1) is 18.9 Å². The first-order valence-corrected chi connectivity index (χ1v) is 5.27. The molecule has 86 valence electrons. The van der Waals surface area contributed by atoms with Gasteiger partial charge in [-0.3, -0.25) is 4.90 Å². The molecule has 16 heavy (non-hydrogen) atoms. The van der Waals surface area contributed by atoms with Crippen LogP contribution in [0.25, 0.3) is 0 Å². The van der Waals surface area contributed by atoms with Gasteiger partial charge in [-0.15, -0.1) is 0 Å². The summed E-state index contributed by atoms with van der Waals surface area (Å²) in [5.41, 5.74) is 2.61. The van der Waals surface area contributed by atoms with Crippen LogP contribution in [-0.4, -0.2) is 24.9 Å². The lowest BCUT2D eigenvalue weighted by Gasteiger charge is -2.31. The first-order chi connectivity index (χ1) is 7.63. The van der Waals surface area contributed by atoms with Gasteiger partial charge in [0.2, 0.25) is 0 Å². The van der Waals surface area contributed by atoms with Gasteiger partial charge >= 0.3 is 6.09 Å². The molecule has 1 heterocycles. The van der Waals surface area contributed by atoms with Crippen LogP contribution in [0.3, 0.4) is 0 Å². The summed E-state index contributed by atoms with van der Waals surface area (Å²) in [7, 11) is 1.36. The predicted octanol–water partition coefficient (Wildman–Crippen LogP) is 2.00. The second-order valence-corrected chi connectivity index (χ2v) is 3.99. The second kappa shape index (κ2) is 4.14. The van der Waals surface area contributed by atoms with Crippen LogP contribution in [0.15, 0.2) is 18.2 Å². The van der Waals surface area contributed by atoms with Gasteiger partial charge in [-0.2, -0.15) is 0 Å². The molecule has 1 aliphatic rings. The van der Waals surface area contributed by atoms with Crippen LogP contribution >= 0.6 is 0 Å². The Kier molecular flexibility index (Phi) is 2.83. The molecule has 2 rings (SSSR count). The fourth-order valence-electron chi connectivity index (χ4n) is 2.00. The molecular formula is C12H15NO3. The highest BCUT2D eigenvalue weighted by molar-refractivity contribution is 5.89. The average Bonchev–Trinajstić information content (AvgIpc) is 2.28. The zero-order valence-electron chi connectivity index (χ0n) is 9.43. The number of rotatable bonds is 0. The van der Waals surface area contributed by atoms with E-state index in [1.165, 1.54) is 7.11 Å². The summed E-state index contributed by atoms with van der Waals surface area (Å²) >= 11 is 0. The van der Waals surface area contributed by atoms with Crippen molar-refractivity contribution in [1.82, 2.24) is 0 Å². The van der Waals surface area contributed by atoms with Gasteiger partial charge in [-0.25, -0.2) is 4.79 Å². The van der Waals surface area contributed by atoms with Crippen molar-refractivity contribution in [3.8, 4) is 0 Å². The van der Waals surface area contributed by atoms with Crippen molar-refractivity contribution < 1.29 is 14.6 Å². The van der Waals surface area contributed by atoms with Crippen molar-refractivity contribution in [2.24, 2.45) is 0 Å². The number of carbonyl (C=O) groups is 1. The van der Waals surface area contributed by atoms with E-state index in [0.717, 1.165) is 16.8 Å². The molecule has 0 fully saturated rings. The van der Waals surface area contributed by atoms with E-state index in [2.05, 4.69) is 0 Å². The maximum absolute atomic E-state index is 11.6. The third-order valence-electron chi connectivity index (χ3n) is 2.86. The van der Waals surface area contributed by atoms with Crippen LogP contribution in [0.4, 0.5) is 10.5 Å². The maximum Gasteiger partial charge on any atom is 0.414 e. The molecule has 1 aromatic carbocycles. The molecule has 0 saturated heterocycles. The van der Waals surface area contributed by atoms with Crippen LogP contribution in [-0.2, 0) is 4.74 Å². The van der Waals surface area contributed by atoms with E-state index in [1.807, 2.05) is 25.1 Å². The fourth-order valence-corrected chi connectivity index (χ4v) is 2.00. The third kappa shape index (κ3) is 1.76. The van der Waals surface area contributed by atoms with E-state index in [1.54, 1.807) is 4.90 Å². The minimum atomic E-state index is -0.489. The minimum Gasteiger partial charge on any atom is -0.452 e. The second-order valence-electron chi connectivity index (χ2n) is 3.99. The minimum absolute atomic E-state index is 0.376. The number of hydrogen-bond acceptors (Lipinski definition) is 3. The van der Waals surface area contributed by atoms with E-state index in [4.69, 9.17) is 4.74 Å². The maximum atomic E-state index is 11.6. The van der Waals surface area contributed by atoms with Crippen molar-refractivity contribution in [2.45, 2.75) is 19.4 Å². The van der Waals surface area contributed by atoms with Crippen LogP contribution in [0, 0.1) is 6.92 Å². The number of aryl methyl sites for hydroxylation is 1. The van der Waals surface area contributed by atoms with Crippen molar-refractivity contribution in [3.05, 3.63) is 29.3 Å². The van der Waals surface area contributed by atoms with E-state index in [9.17, 15) is 9.90 Å². The largest absolute Gasteiger partial charge is 0.452 e. The van der Waals surface area contributed by atoms with Crippen LogP contribution in [0.2, 0.25) is 0 Å². The summed E-state index contributed by atoms with van der Waals surface area (Å²) in [6, 6.07) is 5.70. The standard InChI is InChI=1S/C12H15NO3/c1-8-3-4-9-10(7-8)13(12(15)16-2)6-5-11(9)14/h3-4,7,11,14H,5-6H2,1-2H3/t11-/m1/s1. The Hall–Kier alpha value is -1.55. The number of hydrogen-bond donors (Lipinski definition) is 1. The predicted molar refractivity (Wildman–Crippen MR) is 60.5 cm³/mol. The number of ether oxygens (including phenoxy) is 1. The lowest BCUT2D eigenvalue weighted by atomic mass is 9.97. The Morgan fingerprint density at radius 3 is 3.00 bits per heavy atom. The number of amides is 1. The first kappa shape index (κ1) is 11.0. The van der Waals surface area contributed by atoms with Gasteiger partial charge in [-0.05, 0) is 25.0 Å². The Morgan fingerprint density at radius 1 is 1.56 bits per heavy atom. The molecule has 1 N–H and O–H groups in total. The van der Waals surface area contributed by atoms with E-state index >= 15 is 0 Å². The number of aliphatic hydroxyl groups excluding tert-OH is 1. The fraction of sp³-hybridized carbons (Fsp3) is 0.417. The molecule has 0 aromatic heterocycles. The Balaban J connectivity index is 2.45. The van der Waals surface area contributed by atoms with Gasteiger partial charge in [-0.1, -0.05) is 12.1 Å². The Bertz CT molecular complexity index is 417. The molecule has 0 radical (unpaired) electrons. The molecule has 0 aliphatic carbocycles. The Morgan fingerprint density at radius 2 is 2.31 bits per heavy atom. The van der Waals surface area contributed by atoms with Gasteiger partial charge in [0.1, 0.15) is 0 Å². The molecule has 1 aliphatic heterocycles. The first-order valence-electron chi connectivity index (χ1n) is 5.27. The highest BCUT2D eigenvalue weighted by Crippen LogP contribution is 2.34. The molecule has 4 heteroatoms. The third-order valence-corrected chi connectivity index (χ3v) is 2.86. The quantitative estimate of drug-likeness (QED) is 0.729. The van der Waals surface area contributed by atoms with Gasteiger partial charge < -0.3 is 9.84 Å². The lowest BCUT2D eigenvalue weighted by molar-refractivity contribution is 0.154. The van der Waals surface area contributed by atoms with E-state index < -0.39 is 6.10 Å². The van der Waals surface area contributed by atoms with Gasteiger partial charge in [0.15, 0.2) is 0 Å². The highest BCUT2D eigenvalue weighted by Gasteiger charge is 2.27. The highest BCUT2D eigenvalue weighted by atomic mass is 16.5. The van der Waals surface area contributed by atoms with Crippen molar-refractivity contribution in [3.63, 3.8) is 0 Å². The van der Waals surface area contributed by atoms with E-state index in [0.29, 0.717) is 13.0 Å². The lowest BCUT2D eigenvalue weighted by Crippen LogP contribution is -2.36. The molecular weight excluding hydrogens is 206 g/mol. The summed E-state index contributed by atoms with van der Waals surface area (Å²) in [4.78, 5) is 13.1. The van der Waals surface area contributed by atoms with E-state index in [-0.39, 0.29) is 6.09 Å². The van der Waals surface area contributed by atoms with Crippen molar-refractivity contribution in [2.75, 3.05) is 18.6 Å². The smallest absolute Gasteiger partial charge is 0.414 e. The summed E-state index contributed by atoms with van der Waals surface area (Å²) in [5.74, 6) is 0. The summed E-state index contributed by atoms with van der Waals surface area (Å²) in [6.45, 7) is 2.45. The summed E-state index contributed by atoms with van der Waals surface area (Å²) < 4.78 is 4.73. The zero-order chi connectivity index (χ0) is 11.7. The molecule has 4 nitrogen and oxygen atoms in total. The molecule has 0 bridgehead atoms. The molecule has 0 saturated carbocycles. The number of nitrogens with zero attached hydrogens (tertiary/aromatic N) is 1. The number of anilines is 1. The Labute approximate surface area is 94.4 Å². The average molecular weight is 221 g/mol. The van der Waals surface area contributed by atoms with Crippen molar-refractivity contribution in [1.29, 1.82) is 0 Å². The summed E-state index contributed by atoms with van der Waals surface area (Å²) in [5, 5.41) is 9.85. The van der Waals surface area contributed by atoms with Gasteiger partial charge in [0.25, 0.3) is 0 Å². The molecule has 0 unspecified atom stereocenters. The molecule has 1 amide bonds. The topological polar surface area (TPSA) is 49.8 Å². The zero-order valence-corrected chi connectivity index (χ0v) is 9.43. The van der Waals surface area contributed by atoms with Crippen LogP contribution in [0.5, 0.6) is 0 Å². The van der Waals surface area contributed by atoms with Crippen LogP contribution < -0.4 is 4.90 Å². The molecule has 1 atom stereocenters. The summed E-state index contributed by atoms with van der Waals surface area (Å²) in [6.07, 6.45) is -0.319. The number of methoxy groups -OCH3 is 1. The van der Waals surface area contributed by atoms with Gasteiger partial charge in [0, 0.05) is 12.1 Å².